The molecule has 4 N–H and O–H groups in total. The molecule has 0 atom stereocenters. The summed E-state index contributed by atoms with van der Waals surface area (Å²) in [6, 6.07) is 3.98. The summed E-state index contributed by atoms with van der Waals surface area (Å²) in [7, 11) is 1.23. The van der Waals surface area contributed by atoms with Gasteiger partial charge >= 0.3 is 12.0 Å². The van der Waals surface area contributed by atoms with E-state index in [4.69, 9.17) is 21.4 Å². The minimum atomic E-state index is -1.39. The lowest BCUT2D eigenvalue weighted by atomic mass is 10.1. The van der Waals surface area contributed by atoms with Crippen LogP contribution in [0.5, 0.6) is 11.5 Å². The molecule has 0 aliphatic heterocycles. The number of hydrogen-bond acceptors (Lipinski definition) is 5. The fraction of sp³-hybridized carbons (Fsp3) is 0.0625. The van der Waals surface area contributed by atoms with E-state index in [1.165, 1.54) is 7.11 Å². The number of carboxylic acids is 1. The van der Waals surface area contributed by atoms with Gasteiger partial charge in [-0.2, -0.15) is 0 Å². The first-order valence-electron chi connectivity index (χ1n) is 6.94. The monoisotopic (exact) mass is 382 g/mol. The van der Waals surface area contributed by atoms with E-state index in [0.717, 1.165) is 30.3 Å². The Morgan fingerprint density at radius 2 is 1.85 bits per heavy atom. The average Bonchev–Trinajstić information content (AvgIpc) is 2.54. The van der Waals surface area contributed by atoms with Crippen LogP contribution in [0.25, 0.3) is 0 Å². The van der Waals surface area contributed by atoms with Gasteiger partial charge in [0.05, 0.1) is 23.4 Å². The van der Waals surface area contributed by atoms with Gasteiger partial charge in [-0.15, -0.1) is 0 Å². The zero-order valence-electron chi connectivity index (χ0n) is 13.2. The van der Waals surface area contributed by atoms with Crippen molar-refractivity contribution in [3.63, 3.8) is 0 Å². The van der Waals surface area contributed by atoms with Crippen molar-refractivity contribution in [3.05, 3.63) is 52.3 Å². The van der Waals surface area contributed by atoms with Crippen molar-refractivity contribution in [1.82, 2.24) is 5.32 Å². The molecule has 0 saturated heterocycles. The van der Waals surface area contributed by atoms with Gasteiger partial charge in [-0.3, -0.25) is 10.1 Å². The number of aromatic carboxylic acids is 1. The van der Waals surface area contributed by atoms with E-state index in [1.54, 1.807) is 0 Å². The number of halogens is 2. The summed E-state index contributed by atoms with van der Waals surface area (Å²) < 4.78 is 17.9. The fourth-order valence-corrected chi connectivity index (χ4v) is 2.26. The van der Waals surface area contributed by atoms with Crippen molar-refractivity contribution >= 4 is 35.2 Å². The minimum absolute atomic E-state index is 0.0531. The van der Waals surface area contributed by atoms with Crippen LogP contribution in [0.2, 0.25) is 5.02 Å². The number of aromatic hydroxyl groups is 1. The largest absolute Gasteiger partial charge is 0.507 e. The number of imide groups is 1. The first-order chi connectivity index (χ1) is 12.2. The highest BCUT2D eigenvalue weighted by Gasteiger charge is 2.18. The van der Waals surface area contributed by atoms with Crippen LogP contribution in [0.1, 0.15) is 20.7 Å². The third-order valence-electron chi connectivity index (χ3n) is 3.20. The number of ether oxygens (including phenoxy) is 1. The van der Waals surface area contributed by atoms with Gasteiger partial charge in [0.25, 0.3) is 5.91 Å². The van der Waals surface area contributed by atoms with Crippen molar-refractivity contribution in [3.8, 4) is 11.5 Å². The Hall–Kier alpha value is -3.33. The summed E-state index contributed by atoms with van der Waals surface area (Å²) in [6.07, 6.45) is 0. The lowest BCUT2D eigenvalue weighted by molar-refractivity contribution is 0.0693. The molecule has 0 saturated carbocycles. The van der Waals surface area contributed by atoms with E-state index in [9.17, 15) is 23.9 Å². The molecule has 0 aliphatic rings. The van der Waals surface area contributed by atoms with Crippen molar-refractivity contribution in [2.24, 2.45) is 0 Å². The smallest absolute Gasteiger partial charge is 0.339 e. The highest BCUT2D eigenvalue weighted by molar-refractivity contribution is 6.34. The molecule has 3 amide bonds. The maximum absolute atomic E-state index is 13.0. The zero-order chi connectivity index (χ0) is 19.4. The van der Waals surface area contributed by atoms with Gasteiger partial charge in [0.15, 0.2) is 0 Å². The van der Waals surface area contributed by atoms with Gasteiger partial charge in [-0.1, -0.05) is 11.6 Å². The highest BCUT2D eigenvalue weighted by Crippen LogP contribution is 2.32. The molecule has 0 aromatic heterocycles. The predicted octanol–water partition coefficient (Wildman–Crippen LogP) is 2.85. The number of anilines is 1. The average molecular weight is 383 g/mol. The Labute approximate surface area is 151 Å². The van der Waals surface area contributed by atoms with Crippen LogP contribution >= 0.6 is 11.6 Å². The predicted molar refractivity (Wildman–Crippen MR) is 89.5 cm³/mol. The number of hydrogen-bond donors (Lipinski definition) is 4. The Balaban J connectivity index is 2.18. The standard InChI is InChI=1S/C16H12ClFN2O6/c1-26-13-5-9(15(23)24)12(21)6-11(13)19-16(25)20-14(22)8-3-2-7(18)4-10(8)17/h2-6,21H,1H3,(H,23,24)(H2,19,20,22,25). The van der Waals surface area contributed by atoms with Crippen molar-refractivity contribution in [2.45, 2.75) is 0 Å². The van der Waals surface area contributed by atoms with E-state index in [0.29, 0.717) is 0 Å². The topological polar surface area (TPSA) is 125 Å². The third-order valence-corrected chi connectivity index (χ3v) is 3.51. The zero-order valence-corrected chi connectivity index (χ0v) is 13.9. The number of benzene rings is 2. The van der Waals surface area contributed by atoms with E-state index in [2.05, 4.69) is 5.32 Å². The Morgan fingerprint density at radius 3 is 2.42 bits per heavy atom. The molecule has 26 heavy (non-hydrogen) atoms. The van der Waals surface area contributed by atoms with E-state index >= 15 is 0 Å². The second-order valence-electron chi connectivity index (χ2n) is 4.91. The van der Waals surface area contributed by atoms with Crippen molar-refractivity contribution in [1.29, 1.82) is 0 Å². The number of carbonyl (C=O) groups excluding carboxylic acids is 2. The fourth-order valence-electron chi connectivity index (χ4n) is 2.00. The van der Waals surface area contributed by atoms with Crippen LogP contribution in [-0.2, 0) is 0 Å². The maximum atomic E-state index is 13.0. The lowest BCUT2D eigenvalue weighted by Gasteiger charge is -2.13. The number of methoxy groups -OCH3 is 1. The molecule has 0 unspecified atom stereocenters. The third kappa shape index (κ3) is 4.19. The molecule has 2 rings (SSSR count). The number of nitrogens with one attached hydrogen (secondary N) is 2. The number of urea groups is 1. The minimum Gasteiger partial charge on any atom is -0.507 e. The molecule has 2 aromatic rings. The summed E-state index contributed by atoms with van der Waals surface area (Å²) in [6.45, 7) is 0. The van der Waals surface area contributed by atoms with Crippen LogP contribution < -0.4 is 15.4 Å². The normalized spacial score (nSPS) is 10.1. The number of carbonyl (C=O) groups is 3. The summed E-state index contributed by atoms with van der Waals surface area (Å²) >= 11 is 5.74. The van der Waals surface area contributed by atoms with Crippen LogP contribution in [-0.4, -0.2) is 35.2 Å². The van der Waals surface area contributed by atoms with E-state index in [1.807, 2.05) is 5.32 Å². The van der Waals surface area contributed by atoms with Crippen molar-refractivity contribution < 1.29 is 33.7 Å². The number of amides is 3. The molecule has 0 aliphatic carbocycles. The van der Waals surface area contributed by atoms with Gasteiger partial charge in [0.1, 0.15) is 22.9 Å². The lowest BCUT2D eigenvalue weighted by Crippen LogP contribution is -2.34. The molecule has 0 fully saturated rings. The summed E-state index contributed by atoms with van der Waals surface area (Å²) in [4.78, 5) is 34.9. The summed E-state index contributed by atoms with van der Waals surface area (Å²) in [5, 5.41) is 22.7. The highest BCUT2D eigenvalue weighted by atomic mass is 35.5. The van der Waals surface area contributed by atoms with Crippen molar-refractivity contribution in [2.75, 3.05) is 12.4 Å². The molecule has 8 nitrogen and oxygen atoms in total. The maximum Gasteiger partial charge on any atom is 0.339 e. The van der Waals surface area contributed by atoms with Crippen LogP contribution in [0.3, 0.4) is 0 Å². The Morgan fingerprint density at radius 1 is 1.15 bits per heavy atom. The number of phenols is 1. The molecule has 0 heterocycles. The second kappa shape index (κ2) is 7.70. The molecule has 0 bridgehead atoms. The van der Waals surface area contributed by atoms with Gasteiger partial charge < -0.3 is 20.3 Å². The molecule has 2 aromatic carbocycles. The molecule has 136 valence electrons. The summed E-state index contributed by atoms with van der Waals surface area (Å²) in [5.41, 5.74) is -0.633. The van der Waals surface area contributed by atoms with Crippen LogP contribution in [0.15, 0.2) is 30.3 Å². The first-order valence-corrected chi connectivity index (χ1v) is 7.32. The number of carboxylic acid groups (broad SMARTS) is 1. The van der Waals surface area contributed by atoms with Gasteiger partial charge in [0.2, 0.25) is 0 Å². The van der Waals surface area contributed by atoms with Crippen LogP contribution in [0.4, 0.5) is 14.9 Å². The molecular formula is C16H12ClFN2O6. The van der Waals surface area contributed by atoms with Gasteiger partial charge in [0, 0.05) is 12.1 Å². The molecule has 0 spiro atoms. The second-order valence-corrected chi connectivity index (χ2v) is 5.31. The molecule has 0 radical (unpaired) electrons. The number of rotatable bonds is 4. The molecular weight excluding hydrogens is 371 g/mol. The Kier molecular flexibility index (Phi) is 5.63. The van der Waals surface area contributed by atoms with Gasteiger partial charge in [-0.05, 0) is 18.2 Å². The van der Waals surface area contributed by atoms with E-state index in [-0.39, 0.29) is 22.0 Å². The first kappa shape index (κ1) is 19.0. The molecule has 10 heteroatoms. The van der Waals surface area contributed by atoms with Crippen LogP contribution in [0, 0.1) is 5.82 Å². The Bertz CT molecular complexity index is 903. The summed E-state index contributed by atoms with van der Waals surface area (Å²) in [5.74, 6) is -3.59. The quantitative estimate of drug-likeness (QED) is 0.644. The van der Waals surface area contributed by atoms with E-state index < -0.39 is 35.0 Å². The SMILES string of the molecule is COc1cc(C(=O)O)c(O)cc1NC(=O)NC(=O)c1ccc(F)cc1Cl. The van der Waals surface area contributed by atoms with Gasteiger partial charge in [-0.25, -0.2) is 14.0 Å².